The van der Waals surface area contributed by atoms with Gasteiger partial charge >= 0.3 is 0 Å². The zero-order valence-electron chi connectivity index (χ0n) is 12.8. The second-order valence-electron chi connectivity index (χ2n) is 4.75. The lowest BCUT2D eigenvalue weighted by atomic mass is 9.98. The number of carbonyl (C=O) groups excluding carboxylic acids is 2. The molecule has 1 aromatic carbocycles. The van der Waals surface area contributed by atoms with Gasteiger partial charge in [-0.15, -0.1) is 0 Å². The highest BCUT2D eigenvalue weighted by molar-refractivity contribution is 5.77. The first-order chi connectivity index (χ1) is 10.4. The van der Waals surface area contributed by atoms with Crippen molar-refractivity contribution < 1.29 is 29.3 Å². The zero-order valence-corrected chi connectivity index (χ0v) is 12.8. The quantitative estimate of drug-likeness (QED) is 0.602. The number of aliphatic hydroxyl groups is 2. The van der Waals surface area contributed by atoms with Crippen LogP contribution in [0.25, 0.3) is 0 Å². The number of methoxy groups -OCH3 is 2. The first-order valence-electron chi connectivity index (χ1n) is 6.76. The smallest absolute Gasteiger partial charge is 0.216 e. The van der Waals surface area contributed by atoms with Crippen LogP contribution in [0.1, 0.15) is 35.4 Å². The normalized spacial score (nSPS) is 13.1. The van der Waals surface area contributed by atoms with Crippen LogP contribution in [-0.2, 0) is 4.79 Å². The Morgan fingerprint density at radius 1 is 1.32 bits per heavy atom. The summed E-state index contributed by atoms with van der Waals surface area (Å²) in [6.45, 7) is 1.59. The standard InChI is InChI=1S/C15H21NO6/c1-9(18)16-5-4-12(19)14(20)11-6-10(8-17)7-13(21-2)15(11)22-3/h6-8,12,14,19-20H,4-5H2,1-3H3,(H,16,18). The van der Waals surface area contributed by atoms with Crippen LogP contribution >= 0.6 is 0 Å². The number of carbonyl (C=O) groups is 2. The van der Waals surface area contributed by atoms with Crippen LogP contribution in [0.2, 0.25) is 0 Å². The van der Waals surface area contributed by atoms with Gasteiger partial charge in [-0.3, -0.25) is 9.59 Å². The molecule has 0 aliphatic carbocycles. The molecule has 2 unspecified atom stereocenters. The topological polar surface area (TPSA) is 105 Å². The van der Waals surface area contributed by atoms with E-state index in [1.165, 1.54) is 33.3 Å². The molecule has 0 saturated carbocycles. The van der Waals surface area contributed by atoms with Gasteiger partial charge in [0.1, 0.15) is 12.4 Å². The molecule has 0 aliphatic rings. The van der Waals surface area contributed by atoms with Gasteiger partial charge in [-0.25, -0.2) is 0 Å². The Bertz CT molecular complexity index is 531. The first-order valence-corrected chi connectivity index (χ1v) is 6.76. The minimum absolute atomic E-state index is 0.150. The Labute approximate surface area is 128 Å². The molecule has 0 aromatic heterocycles. The van der Waals surface area contributed by atoms with Gasteiger partial charge in [-0.2, -0.15) is 0 Å². The minimum Gasteiger partial charge on any atom is -0.493 e. The van der Waals surface area contributed by atoms with Crippen molar-refractivity contribution in [1.82, 2.24) is 5.32 Å². The lowest BCUT2D eigenvalue weighted by molar-refractivity contribution is -0.119. The van der Waals surface area contributed by atoms with E-state index in [1.54, 1.807) is 0 Å². The highest BCUT2D eigenvalue weighted by Crippen LogP contribution is 2.37. The Morgan fingerprint density at radius 2 is 2.00 bits per heavy atom. The van der Waals surface area contributed by atoms with Crippen molar-refractivity contribution in [3.8, 4) is 11.5 Å². The fraction of sp³-hybridized carbons (Fsp3) is 0.467. The van der Waals surface area contributed by atoms with Gasteiger partial charge in [0.15, 0.2) is 11.5 Å². The fourth-order valence-electron chi connectivity index (χ4n) is 2.06. The second kappa shape index (κ2) is 8.35. The van der Waals surface area contributed by atoms with Crippen molar-refractivity contribution in [2.45, 2.75) is 25.6 Å². The average molecular weight is 311 g/mol. The average Bonchev–Trinajstić information content (AvgIpc) is 2.51. The summed E-state index contributed by atoms with van der Waals surface area (Å²) in [6, 6.07) is 2.91. The number of hydrogen-bond donors (Lipinski definition) is 3. The van der Waals surface area contributed by atoms with Crippen molar-refractivity contribution in [2.75, 3.05) is 20.8 Å². The van der Waals surface area contributed by atoms with E-state index in [9.17, 15) is 19.8 Å². The van der Waals surface area contributed by atoms with Crippen LogP contribution in [-0.4, -0.2) is 49.3 Å². The lowest BCUT2D eigenvalue weighted by Crippen LogP contribution is -2.28. The maximum atomic E-state index is 11.0. The van der Waals surface area contributed by atoms with Gasteiger partial charge in [-0.1, -0.05) is 0 Å². The molecule has 22 heavy (non-hydrogen) atoms. The molecule has 122 valence electrons. The number of aldehydes is 1. The summed E-state index contributed by atoms with van der Waals surface area (Å²) in [7, 11) is 2.81. The van der Waals surface area contributed by atoms with E-state index in [1.807, 2.05) is 0 Å². The number of nitrogens with one attached hydrogen (secondary N) is 1. The molecular formula is C15H21NO6. The Hall–Kier alpha value is -2.12. The lowest BCUT2D eigenvalue weighted by Gasteiger charge is -2.22. The molecule has 7 heteroatoms. The summed E-state index contributed by atoms with van der Waals surface area (Å²) in [5, 5.41) is 22.9. The summed E-state index contributed by atoms with van der Waals surface area (Å²) < 4.78 is 10.3. The van der Waals surface area contributed by atoms with Crippen LogP contribution in [0.4, 0.5) is 0 Å². The Kier molecular flexibility index (Phi) is 6.81. The van der Waals surface area contributed by atoms with E-state index in [4.69, 9.17) is 9.47 Å². The molecule has 1 amide bonds. The number of amides is 1. The molecule has 0 heterocycles. The number of benzene rings is 1. The van der Waals surface area contributed by atoms with E-state index < -0.39 is 12.2 Å². The van der Waals surface area contributed by atoms with Crippen LogP contribution in [0.15, 0.2) is 12.1 Å². The fourth-order valence-corrected chi connectivity index (χ4v) is 2.06. The summed E-state index contributed by atoms with van der Waals surface area (Å²) in [6.07, 6.45) is -1.65. The summed E-state index contributed by atoms with van der Waals surface area (Å²) in [5.41, 5.74) is 0.542. The van der Waals surface area contributed by atoms with Gasteiger partial charge in [0, 0.05) is 24.6 Å². The van der Waals surface area contributed by atoms with Gasteiger partial charge in [0.25, 0.3) is 0 Å². The molecule has 1 rings (SSSR count). The third kappa shape index (κ3) is 4.44. The van der Waals surface area contributed by atoms with Gasteiger partial charge in [0.05, 0.1) is 20.3 Å². The summed E-state index contributed by atoms with van der Waals surface area (Å²) in [5.74, 6) is 0.318. The summed E-state index contributed by atoms with van der Waals surface area (Å²) in [4.78, 5) is 21.8. The number of rotatable bonds is 8. The highest BCUT2D eigenvalue weighted by Gasteiger charge is 2.24. The van der Waals surface area contributed by atoms with E-state index in [0.717, 1.165) is 0 Å². The van der Waals surface area contributed by atoms with Crippen molar-refractivity contribution >= 4 is 12.2 Å². The van der Waals surface area contributed by atoms with Crippen molar-refractivity contribution in [3.05, 3.63) is 23.3 Å². The monoisotopic (exact) mass is 311 g/mol. The molecule has 0 fully saturated rings. The highest BCUT2D eigenvalue weighted by atomic mass is 16.5. The predicted molar refractivity (Wildman–Crippen MR) is 79.2 cm³/mol. The van der Waals surface area contributed by atoms with E-state index in [0.29, 0.717) is 11.8 Å². The largest absolute Gasteiger partial charge is 0.493 e. The van der Waals surface area contributed by atoms with Crippen LogP contribution < -0.4 is 14.8 Å². The Balaban J connectivity index is 3.01. The van der Waals surface area contributed by atoms with E-state index in [2.05, 4.69) is 5.32 Å². The molecule has 0 spiro atoms. The van der Waals surface area contributed by atoms with E-state index >= 15 is 0 Å². The molecule has 2 atom stereocenters. The van der Waals surface area contributed by atoms with Crippen molar-refractivity contribution in [1.29, 1.82) is 0 Å². The number of aliphatic hydroxyl groups excluding tert-OH is 2. The van der Waals surface area contributed by atoms with Crippen LogP contribution in [0.5, 0.6) is 11.5 Å². The molecule has 1 aromatic rings. The second-order valence-corrected chi connectivity index (χ2v) is 4.75. The minimum atomic E-state index is -1.28. The van der Waals surface area contributed by atoms with E-state index in [-0.39, 0.29) is 35.9 Å². The molecule has 0 aliphatic heterocycles. The first kappa shape index (κ1) is 17.9. The predicted octanol–water partition coefficient (Wildman–Crippen LogP) is 0.437. The van der Waals surface area contributed by atoms with Gasteiger partial charge < -0.3 is 25.0 Å². The third-order valence-corrected chi connectivity index (χ3v) is 3.16. The van der Waals surface area contributed by atoms with Crippen molar-refractivity contribution in [2.24, 2.45) is 0 Å². The van der Waals surface area contributed by atoms with Crippen LogP contribution in [0.3, 0.4) is 0 Å². The molecule has 0 bridgehead atoms. The summed E-state index contributed by atoms with van der Waals surface area (Å²) >= 11 is 0. The van der Waals surface area contributed by atoms with Crippen molar-refractivity contribution in [3.63, 3.8) is 0 Å². The molecule has 0 radical (unpaired) electrons. The van der Waals surface area contributed by atoms with Gasteiger partial charge in [-0.05, 0) is 18.6 Å². The Morgan fingerprint density at radius 3 is 2.50 bits per heavy atom. The van der Waals surface area contributed by atoms with Crippen LogP contribution in [0, 0.1) is 0 Å². The number of ether oxygens (including phenoxy) is 2. The molecule has 7 nitrogen and oxygen atoms in total. The molecule has 0 saturated heterocycles. The SMILES string of the molecule is COc1cc(C=O)cc(C(O)C(O)CCNC(C)=O)c1OC. The third-order valence-electron chi connectivity index (χ3n) is 3.16. The molecule has 3 N–H and O–H groups in total. The maximum Gasteiger partial charge on any atom is 0.216 e. The molecular weight excluding hydrogens is 290 g/mol. The van der Waals surface area contributed by atoms with Gasteiger partial charge in [0.2, 0.25) is 5.91 Å². The zero-order chi connectivity index (χ0) is 16.7. The number of hydrogen-bond acceptors (Lipinski definition) is 6. The maximum absolute atomic E-state index is 11.0.